The number of rotatable bonds is 5. The summed E-state index contributed by atoms with van der Waals surface area (Å²) in [5.74, 6) is 1.36. The van der Waals surface area contributed by atoms with Gasteiger partial charge < -0.3 is 15.8 Å². The predicted molar refractivity (Wildman–Crippen MR) is 91.2 cm³/mol. The van der Waals surface area contributed by atoms with Crippen LogP contribution in [0.5, 0.6) is 5.75 Å². The third kappa shape index (κ3) is 7.92. The van der Waals surface area contributed by atoms with Crippen molar-refractivity contribution in [2.24, 2.45) is 10.7 Å². The maximum Gasteiger partial charge on any atom is 0.189 e. The second-order valence-corrected chi connectivity index (χ2v) is 4.81. The molecule has 5 heteroatoms. The summed E-state index contributed by atoms with van der Waals surface area (Å²) in [5, 5.41) is 3.05. The third-order valence-corrected chi connectivity index (χ3v) is 2.16. The Kier molecular flexibility index (Phi) is 8.54. The molecule has 0 aliphatic rings. The minimum Gasteiger partial charge on any atom is -0.491 e. The maximum atomic E-state index is 5.73. The van der Waals surface area contributed by atoms with E-state index in [-0.39, 0.29) is 30.1 Å². The second kappa shape index (κ2) is 9.01. The Morgan fingerprint density at radius 3 is 2.26 bits per heavy atom. The smallest absolute Gasteiger partial charge is 0.189 e. The van der Waals surface area contributed by atoms with Crippen LogP contribution in [0.2, 0.25) is 0 Å². The number of guanidine groups is 1. The van der Waals surface area contributed by atoms with E-state index < -0.39 is 0 Å². The van der Waals surface area contributed by atoms with Gasteiger partial charge >= 0.3 is 0 Å². The number of nitrogens with two attached hydrogens (primary N) is 1. The highest BCUT2D eigenvalue weighted by molar-refractivity contribution is 14.0. The number of nitrogens with zero attached hydrogens (tertiary/aromatic N) is 1. The van der Waals surface area contributed by atoms with Gasteiger partial charge in [-0.05, 0) is 45.4 Å². The molecule has 0 unspecified atom stereocenters. The molecule has 4 nitrogen and oxygen atoms in total. The Labute approximate surface area is 132 Å². The van der Waals surface area contributed by atoms with Crippen molar-refractivity contribution in [3.63, 3.8) is 0 Å². The number of ether oxygens (including phenoxy) is 1. The number of nitrogens with one attached hydrogen (secondary N) is 1. The Balaban J connectivity index is 0.00000324. The minimum absolute atomic E-state index is 0. The first-order valence-electron chi connectivity index (χ1n) is 6.29. The Bertz CT molecular complexity index is 388. The van der Waals surface area contributed by atoms with Crippen LogP contribution in [0.3, 0.4) is 0 Å². The van der Waals surface area contributed by atoms with Gasteiger partial charge in [0.25, 0.3) is 0 Å². The molecule has 0 heterocycles. The lowest BCUT2D eigenvalue weighted by Gasteiger charge is -2.10. The van der Waals surface area contributed by atoms with Gasteiger partial charge in [-0.15, -0.1) is 24.0 Å². The average molecular weight is 377 g/mol. The Hall–Kier alpha value is -0.980. The van der Waals surface area contributed by atoms with Crippen molar-refractivity contribution >= 4 is 29.9 Å². The van der Waals surface area contributed by atoms with E-state index in [1.807, 2.05) is 52.0 Å². The summed E-state index contributed by atoms with van der Waals surface area (Å²) >= 11 is 0. The van der Waals surface area contributed by atoms with Crippen molar-refractivity contribution in [1.82, 2.24) is 5.32 Å². The highest BCUT2D eigenvalue weighted by Gasteiger charge is 1.99. The van der Waals surface area contributed by atoms with Crippen molar-refractivity contribution in [3.05, 3.63) is 29.8 Å². The zero-order valence-corrected chi connectivity index (χ0v) is 14.3. The van der Waals surface area contributed by atoms with Crippen molar-refractivity contribution in [2.75, 3.05) is 0 Å². The molecular formula is C14H24IN3O. The lowest BCUT2D eigenvalue weighted by molar-refractivity contribution is 0.242. The average Bonchev–Trinajstić information content (AvgIpc) is 2.26. The number of aliphatic imine (C=N–C) groups is 1. The van der Waals surface area contributed by atoms with Crippen molar-refractivity contribution in [1.29, 1.82) is 0 Å². The van der Waals surface area contributed by atoms with Gasteiger partial charge in [0.15, 0.2) is 5.96 Å². The fraction of sp³-hybridized carbons (Fsp3) is 0.500. The molecule has 0 amide bonds. The summed E-state index contributed by atoms with van der Waals surface area (Å²) in [4.78, 5) is 4.27. The molecule has 0 saturated carbocycles. The molecule has 0 aliphatic heterocycles. The maximum absolute atomic E-state index is 5.73. The van der Waals surface area contributed by atoms with E-state index in [9.17, 15) is 0 Å². The molecule has 0 fully saturated rings. The number of halogens is 1. The van der Waals surface area contributed by atoms with Gasteiger partial charge in [-0.3, -0.25) is 0 Å². The standard InChI is InChI=1S/C14H23N3O.HI/c1-10(2)17-14(15)16-9-12-5-7-13(8-6-12)18-11(3)4;/h5-8,10-11H,9H2,1-4H3,(H3,15,16,17);1H. The van der Waals surface area contributed by atoms with Crippen LogP contribution in [0.25, 0.3) is 0 Å². The van der Waals surface area contributed by atoms with Crippen LogP contribution in [-0.2, 0) is 6.54 Å². The second-order valence-electron chi connectivity index (χ2n) is 4.81. The Morgan fingerprint density at radius 2 is 1.79 bits per heavy atom. The van der Waals surface area contributed by atoms with Crippen molar-refractivity contribution in [2.45, 2.75) is 46.4 Å². The molecule has 108 valence electrons. The molecule has 0 radical (unpaired) electrons. The topological polar surface area (TPSA) is 59.6 Å². The normalized spacial score (nSPS) is 11.4. The minimum atomic E-state index is 0. The SMILES string of the molecule is CC(C)NC(N)=NCc1ccc(OC(C)C)cc1.I. The van der Waals surface area contributed by atoms with E-state index >= 15 is 0 Å². The van der Waals surface area contributed by atoms with Crippen molar-refractivity contribution in [3.8, 4) is 5.75 Å². The van der Waals surface area contributed by atoms with Crippen LogP contribution >= 0.6 is 24.0 Å². The van der Waals surface area contributed by atoms with Crippen LogP contribution in [0, 0.1) is 0 Å². The fourth-order valence-electron chi connectivity index (χ4n) is 1.46. The summed E-state index contributed by atoms with van der Waals surface area (Å²) in [6, 6.07) is 8.22. The summed E-state index contributed by atoms with van der Waals surface area (Å²) in [7, 11) is 0. The summed E-state index contributed by atoms with van der Waals surface area (Å²) in [5.41, 5.74) is 6.84. The highest BCUT2D eigenvalue weighted by atomic mass is 127. The lowest BCUT2D eigenvalue weighted by atomic mass is 10.2. The molecule has 0 aromatic heterocycles. The number of benzene rings is 1. The van der Waals surface area contributed by atoms with Gasteiger partial charge in [0.2, 0.25) is 0 Å². The monoisotopic (exact) mass is 377 g/mol. The first-order valence-corrected chi connectivity index (χ1v) is 6.29. The summed E-state index contributed by atoms with van der Waals surface area (Å²) in [6.45, 7) is 8.65. The van der Waals surface area contributed by atoms with E-state index in [1.165, 1.54) is 0 Å². The first-order chi connectivity index (χ1) is 8.47. The van der Waals surface area contributed by atoms with Crippen LogP contribution in [-0.4, -0.2) is 18.1 Å². The first kappa shape index (κ1) is 18.0. The zero-order valence-electron chi connectivity index (χ0n) is 12.0. The fourth-order valence-corrected chi connectivity index (χ4v) is 1.46. The highest BCUT2D eigenvalue weighted by Crippen LogP contribution is 2.14. The van der Waals surface area contributed by atoms with Crippen LogP contribution < -0.4 is 15.8 Å². The number of hydrogen-bond acceptors (Lipinski definition) is 2. The molecule has 1 rings (SSSR count). The lowest BCUT2D eigenvalue weighted by Crippen LogP contribution is -2.36. The van der Waals surface area contributed by atoms with Gasteiger partial charge in [0.05, 0.1) is 12.6 Å². The summed E-state index contributed by atoms with van der Waals surface area (Å²) in [6.07, 6.45) is 0.194. The van der Waals surface area contributed by atoms with Gasteiger partial charge in [-0.1, -0.05) is 12.1 Å². The van der Waals surface area contributed by atoms with Crippen LogP contribution in [0.4, 0.5) is 0 Å². The largest absolute Gasteiger partial charge is 0.491 e. The van der Waals surface area contributed by atoms with E-state index in [0.717, 1.165) is 11.3 Å². The van der Waals surface area contributed by atoms with Gasteiger partial charge in [-0.25, -0.2) is 4.99 Å². The van der Waals surface area contributed by atoms with E-state index in [4.69, 9.17) is 10.5 Å². The molecule has 0 saturated heterocycles. The van der Waals surface area contributed by atoms with E-state index in [0.29, 0.717) is 18.5 Å². The van der Waals surface area contributed by atoms with Crippen molar-refractivity contribution < 1.29 is 4.74 Å². The molecule has 1 aromatic carbocycles. The molecule has 1 aromatic rings. The van der Waals surface area contributed by atoms with Crippen LogP contribution in [0.15, 0.2) is 29.3 Å². The predicted octanol–water partition coefficient (Wildman–Crippen LogP) is 2.90. The van der Waals surface area contributed by atoms with Gasteiger partial charge in [0, 0.05) is 6.04 Å². The van der Waals surface area contributed by atoms with Gasteiger partial charge in [0.1, 0.15) is 5.75 Å². The van der Waals surface area contributed by atoms with E-state index in [2.05, 4.69) is 10.3 Å². The molecular weight excluding hydrogens is 353 g/mol. The van der Waals surface area contributed by atoms with E-state index in [1.54, 1.807) is 0 Å². The molecule has 3 N–H and O–H groups in total. The molecule has 0 aliphatic carbocycles. The molecule has 19 heavy (non-hydrogen) atoms. The van der Waals surface area contributed by atoms with Gasteiger partial charge in [-0.2, -0.15) is 0 Å². The molecule has 0 bridgehead atoms. The quantitative estimate of drug-likeness (QED) is 0.471. The molecule has 0 spiro atoms. The van der Waals surface area contributed by atoms with Crippen LogP contribution in [0.1, 0.15) is 33.3 Å². The number of hydrogen-bond donors (Lipinski definition) is 2. The Morgan fingerprint density at radius 1 is 1.21 bits per heavy atom. The third-order valence-electron chi connectivity index (χ3n) is 2.16. The summed E-state index contributed by atoms with van der Waals surface area (Å²) < 4.78 is 5.57. The zero-order chi connectivity index (χ0) is 13.5. The molecule has 0 atom stereocenters.